The molecule has 2 saturated carbocycles. The summed E-state index contributed by atoms with van der Waals surface area (Å²) in [4.78, 5) is 12.2. The average Bonchev–Trinajstić information content (AvgIpc) is 2.95. The second-order valence-electron chi connectivity index (χ2n) is 6.68. The molecule has 2 aliphatic rings. The standard InChI is InChI=1S/C14H16ClF2N5O2/c1-14-2-5(14)8(9(23)10(14)24)22-4-19-7-11(18-3-6(16)17)20-13(15)21-12(7)22/h4-6,8-10,23-24H,2-3H2,1H3,(H,18,20,21)/t5-,8-,9+,10+,14-/m1/s1. The quantitative estimate of drug-likeness (QED) is 0.715. The average molecular weight is 360 g/mol. The molecule has 0 bridgehead atoms. The van der Waals surface area contributed by atoms with Crippen LogP contribution in [0.3, 0.4) is 0 Å². The van der Waals surface area contributed by atoms with E-state index in [4.69, 9.17) is 11.6 Å². The van der Waals surface area contributed by atoms with Crippen LogP contribution in [0.2, 0.25) is 5.28 Å². The molecule has 24 heavy (non-hydrogen) atoms. The Hall–Kier alpha value is -1.58. The Labute approximate surface area is 140 Å². The Morgan fingerprint density at radius 1 is 1.46 bits per heavy atom. The first-order valence-electron chi connectivity index (χ1n) is 7.61. The van der Waals surface area contributed by atoms with Crippen molar-refractivity contribution in [3.63, 3.8) is 0 Å². The van der Waals surface area contributed by atoms with Crippen LogP contribution in [0.15, 0.2) is 6.33 Å². The Balaban J connectivity index is 1.76. The number of aromatic nitrogens is 4. The first-order valence-corrected chi connectivity index (χ1v) is 7.99. The molecule has 0 saturated heterocycles. The van der Waals surface area contributed by atoms with Crippen molar-refractivity contribution < 1.29 is 19.0 Å². The Bertz CT molecular complexity index is 801. The smallest absolute Gasteiger partial charge is 0.255 e. The zero-order valence-corrected chi connectivity index (χ0v) is 13.5. The summed E-state index contributed by atoms with van der Waals surface area (Å²) in [7, 11) is 0. The highest BCUT2D eigenvalue weighted by Crippen LogP contribution is 2.67. The topological polar surface area (TPSA) is 96.1 Å². The van der Waals surface area contributed by atoms with E-state index >= 15 is 0 Å². The number of hydrogen-bond donors (Lipinski definition) is 3. The van der Waals surface area contributed by atoms with E-state index in [-0.39, 0.29) is 28.5 Å². The normalized spacial score (nSPS) is 34.8. The third-order valence-electron chi connectivity index (χ3n) is 5.25. The summed E-state index contributed by atoms with van der Waals surface area (Å²) in [6.45, 7) is 1.35. The second kappa shape index (κ2) is 5.21. The molecule has 5 atom stereocenters. The number of nitrogens with one attached hydrogen (secondary N) is 1. The highest BCUT2D eigenvalue weighted by molar-refractivity contribution is 6.28. The third kappa shape index (κ3) is 2.18. The molecule has 0 amide bonds. The van der Waals surface area contributed by atoms with Gasteiger partial charge in [0.05, 0.1) is 25.0 Å². The minimum absolute atomic E-state index is 0.103. The van der Waals surface area contributed by atoms with Gasteiger partial charge in [-0.3, -0.25) is 0 Å². The summed E-state index contributed by atoms with van der Waals surface area (Å²) < 4.78 is 26.5. The number of rotatable bonds is 4. The zero-order valence-electron chi connectivity index (χ0n) is 12.7. The molecule has 0 radical (unpaired) electrons. The maximum atomic E-state index is 12.4. The number of nitrogens with zero attached hydrogens (tertiary/aromatic N) is 4. The molecule has 10 heteroatoms. The second-order valence-corrected chi connectivity index (χ2v) is 7.02. The summed E-state index contributed by atoms with van der Waals surface area (Å²) >= 11 is 5.91. The minimum atomic E-state index is -2.55. The molecular weight excluding hydrogens is 344 g/mol. The maximum Gasteiger partial charge on any atom is 0.255 e. The molecule has 0 spiro atoms. The molecule has 0 aromatic carbocycles. The largest absolute Gasteiger partial charge is 0.390 e. The molecule has 2 aromatic rings. The van der Waals surface area contributed by atoms with Crippen LogP contribution < -0.4 is 5.32 Å². The van der Waals surface area contributed by atoms with Crippen LogP contribution in [-0.2, 0) is 0 Å². The fourth-order valence-corrected chi connectivity index (χ4v) is 4.01. The van der Waals surface area contributed by atoms with Gasteiger partial charge in [0.1, 0.15) is 6.10 Å². The molecule has 2 heterocycles. The van der Waals surface area contributed by atoms with Crippen molar-refractivity contribution >= 4 is 28.6 Å². The first kappa shape index (κ1) is 15.9. The molecule has 0 unspecified atom stereocenters. The molecular formula is C14H16ClF2N5O2. The number of alkyl halides is 2. The molecule has 0 aliphatic heterocycles. The molecule has 7 nitrogen and oxygen atoms in total. The minimum Gasteiger partial charge on any atom is -0.390 e. The van der Waals surface area contributed by atoms with Crippen LogP contribution in [0.1, 0.15) is 19.4 Å². The lowest BCUT2D eigenvalue weighted by Crippen LogP contribution is -2.33. The molecule has 130 valence electrons. The Morgan fingerprint density at radius 3 is 2.83 bits per heavy atom. The van der Waals surface area contributed by atoms with Crippen LogP contribution in [0.25, 0.3) is 11.2 Å². The molecule has 4 rings (SSSR count). The van der Waals surface area contributed by atoms with Gasteiger partial charge in [0.25, 0.3) is 6.43 Å². The Morgan fingerprint density at radius 2 is 2.21 bits per heavy atom. The summed E-state index contributed by atoms with van der Waals surface area (Å²) in [5, 5.41) is 23.0. The highest BCUT2D eigenvalue weighted by Gasteiger charge is 2.68. The van der Waals surface area contributed by atoms with Crippen molar-refractivity contribution in [2.75, 3.05) is 11.9 Å². The number of fused-ring (bicyclic) bond motifs is 2. The van der Waals surface area contributed by atoms with Gasteiger partial charge in [-0.05, 0) is 23.9 Å². The van der Waals surface area contributed by atoms with E-state index in [0.717, 1.165) is 6.42 Å². The number of aliphatic hydroxyl groups excluding tert-OH is 2. The fourth-order valence-electron chi connectivity index (χ4n) is 3.84. The molecule has 2 aromatic heterocycles. The van der Waals surface area contributed by atoms with E-state index in [2.05, 4.69) is 20.3 Å². The van der Waals surface area contributed by atoms with E-state index in [9.17, 15) is 19.0 Å². The van der Waals surface area contributed by atoms with Crippen molar-refractivity contribution in [3.8, 4) is 0 Å². The third-order valence-corrected chi connectivity index (χ3v) is 5.42. The van der Waals surface area contributed by atoms with Crippen LogP contribution >= 0.6 is 11.6 Å². The van der Waals surface area contributed by atoms with Gasteiger partial charge < -0.3 is 20.1 Å². The van der Waals surface area contributed by atoms with Gasteiger partial charge in [-0.2, -0.15) is 9.97 Å². The maximum absolute atomic E-state index is 12.4. The van der Waals surface area contributed by atoms with E-state index in [1.54, 1.807) is 4.57 Å². The van der Waals surface area contributed by atoms with Gasteiger partial charge in [0, 0.05) is 5.41 Å². The number of imidazole rings is 1. The zero-order chi connectivity index (χ0) is 17.2. The van der Waals surface area contributed by atoms with E-state index in [1.165, 1.54) is 6.33 Å². The van der Waals surface area contributed by atoms with Gasteiger partial charge in [-0.15, -0.1) is 0 Å². The van der Waals surface area contributed by atoms with Crippen molar-refractivity contribution in [1.29, 1.82) is 0 Å². The monoisotopic (exact) mass is 359 g/mol. The number of hydrogen-bond acceptors (Lipinski definition) is 6. The first-order chi connectivity index (χ1) is 11.3. The highest BCUT2D eigenvalue weighted by atomic mass is 35.5. The fraction of sp³-hybridized carbons (Fsp3) is 0.643. The number of aliphatic hydroxyl groups is 2. The SMILES string of the molecule is C[C@@]12C[C@@H]1[C@@H](n1cnc3c(NCC(F)F)nc(Cl)nc31)[C@H](O)[C@@H]2O. The van der Waals surface area contributed by atoms with Crippen LogP contribution in [-0.4, -0.2) is 54.9 Å². The summed E-state index contributed by atoms with van der Waals surface area (Å²) in [5.74, 6) is 0.224. The van der Waals surface area contributed by atoms with Crippen molar-refractivity contribution in [1.82, 2.24) is 19.5 Å². The lowest BCUT2D eigenvalue weighted by molar-refractivity contribution is -0.0136. The van der Waals surface area contributed by atoms with E-state index in [0.29, 0.717) is 11.2 Å². The summed E-state index contributed by atoms with van der Waals surface area (Å²) in [6.07, 6.45) is -2.04. The van der Waals surface area contributed by atoms with Crippen molar-refractivity contribution in [2.24, 2.45) is 11.3 Å². The van der Waals surface area contributed by atoms with Gasteiger partial charge in [0.2, 0.25) is 5.28 Å². The van der Waals surface area contributed by atoms with E-state index in [1.807, 2.05) is 6.92 Å². The predicted molar refractivity (Wildman–Crippen MR) is 82.1 cm³/mol. The van der Waals surface area contributed by atoms with Crippen LogP contribution in [0.4, 0.5) is 14.6 Å². The molecule has 2 aliphatic carbocycles. The van der Waals surface area contributed by atoms with Gasteiger partial charge in [-0.25, -0.2) is 13.8 Å². The van der Waals surface area contributed by atoms with Crippen LogP contribution in [0, 0.1) is 11.3 Å². The van der Waals surface area contributed by atoms with Gasteiger partial charge in [0.15, 0.2) is 17.0 Å². The number of anilines is 1. The van der Waals surface area contributed by atoms with Crippen LogP contribution in [0.5, 0.6) is 0 Å². The van der Waals surface area contributed by atoms with Crippen molar-refractivity contribution in [2.45, 2.75) is 38.0 Å². The number of halogens is 3. The van der Waals surface area contributed by atoms with Crippen molar-refractivity contribution in [3.05, 3.63) is 11.6 Å². The molecule has 2 fully saturated rings. The van der Waals surface area contributed by atoms with E-state index < -0.39 is 25.2 Å². The van der Waals surface area contributed by atoms with Gasteiger partial charge in [-0.1, -0.05) is 6.92 Å². The lowest BCUT2D eigenvalue weighted by Gasteiger charge is -2.23. The lowest BCUT2D eigenvalue weighted by atomic mass is 10.0. The van der Waals surface area contributed by atoms with Gasteiger partial charge >= 0.3 is 0 Å². The molecule has 3 N–H and O–H groups in total. The summed E-state index contributed by atoms with van der Waals surface area (Å²) in [5.41, 5.74) is 0.337. The predicted octanol–water partition coefficient (Wildman–Crippen LogP) is 1.46. The summed E-state index contributed by atoms with van der Waals surface area (Å²) in [6, 6.07) is -0.385. The Kier molecular flexibility index (Phi) is 3.45.